The van der Waals surface area contributed by atoms with E-state index in [0.717, 1.165) is 10.7 Å². The van der Waals surface area contributed by atoms with Crippen LogP contribution in [-0.2, 0) is 12.0 Å². The molecule has 2 rings (SSSR count). The fourth-order valence-corrected chi connectivity index (χ4v) is 2.62. The van der Waals surface area contributed by atoms with Crippen LogP contribution >= 0.6 is 11.3 Å². The summed E-state index contributed by atoms with van der Waals surface area (Å²) >= 11 is 1.51. The number of aryl methyl sites for hydroxylation is 1. The minimum Gasteiger partial charge on any atom is -0.385 e. The van der Waals surface area contributed by atoms with Crippen LogP contribution in [0.15, 0.2) is 29.6 Å². The van der Waals surface area contributed by atoms with E-state index in [1.165, 1.54) is 23.5 Å². The van der Waals surface area contributed by atoms with E-state index in [9.17, 15) is 9.50 Å². The van der Waals surface area contributed by atoms with Gasteiger partial charge in [0, 0.05) is 17.5 Å². The molecule has 1 N–H and O–H groups in total. The van der Waals surface area contributed by atoms with E-state index in [2.05, 4.69) is 4.98 Å². The molecule has 0 radical (unpaired) electrons. The van der Waals surface area contributed by atoms with Gasteiger partial charge in [-0.1, -0.05) is 12.1 Å². The molecule has 90 valence electrons. The monoisotopic (exact) mass is 251 g/mol. The normalized spacial score (nSPS) is 14.6. The van der Waals surface area contributed by atoms with E-state index in [1.54, 1.807) is 19.1 Å². The van der Waals surface area contributed by atoms with Crippen molar-refractivity contribution in [3.63, 3.8) is 0 Å². The van der Waals surface area contributed by atoms with Gasteiger partial charge in [-0.3, -0.25) is 0 Å². The average Bonchev–Trinajstić information content (AvgIpc) is 2.63. The van der Waals surface area contributed by atoms with Crippen LogP contribution in [0.25, 0.3) is 0 Å². The molecule has 4 heteroatoms. The van der Waals surface area contributed by atoms with Crippen LogP contribution in [0.2, 0.25) is 0 Å². The maximum absolute atomic E-state index is 13.1. The van der Waals surface area contributed by atoms with Crippen LogP contribution in [0.5, 0.6) is 0 Å². The standard InChI is InChI=1S/C13H14FNOS/c1-9-8-17-12(15-9)7-13(2,16)10-4-3-5-11(14)6-10/h3-6,8,16H,7H2,1-2H3. The molecule has 0 fully saturated rings. The molecule has 17 heavy (non-hydrogen) atoms. The Labute approximate surface area is 104 Å². The zero-order valence-electron chi connectivity index (χ0n) is 9.77. The van der Waals surface area contributed by atoms with Gasteiger partial charge in [0.2, 0.25) is 0 Å². The van der Waals surface area contributed by atoms with Gasteiger partial charge in [0.05, 0.1) is 10.6 Å². The van der Waals surface area contributed by atoms with Crippen molar-refractivity contribution in [2.24, 2.45) is 0 Å². The topological polar surface area (TPSA) is 33.1 Å². The highest BCUT2D eigenvalue weighted by Crippen LogP contribution is 2.27. The minimum atomic E-state index is -1.09. The summed E-state index contributed by atoms with van der Waals surface area (Å²) in [6.07, 6.45) is 0.398. The molecular formula is C13H14FNOS. The first kappa shape index (κ1) is 12.2. The third kappa shape index (κ3) is 2.90. The molecule has 0 aliphatic carbocycles. The fourth-order valence-electron chi connectivity index (χ4n) is 1.70. The van der Waals surface area contributed by atoms with Crippen LogP contribution in [0.1, 0.15) is 23.2 Å². The Morgan fingerprint density at radius 1 is 1.47 bits per heavy atom. The van der Waals surface area contributed by atoms with E-state index < -0.39 is 5.60 Å². The first-order valence-electron chi connectivity index (χ1n) is 5.37. The summed E-state index contributed by atoms with van der Waals surface area (Å²) < 4.78 is 13.1. The van der Waals surface area contributed by atoms with Crippen molar-refractivity contribution in [1.29, 1.82) is 0 Å². The molecule has 2 nitrogen and oxygen atoms in total. The molecule has 1 heterocycles. The Kier molecular flexibility index (Phi) is 3.26. The molecule has 0 amide bonds. The predicted molar refractivity (Wildman–Crippen MR) is 66.5 cm³/mol. The summed E-state index contributed by atoms with van der Waals surface area (Å²) in [5, 5.41) is 13.2. The zero-order valence-corrected chi connectivity index (χ0v) is 10.6. The van der Waals surface area contributed by atoms with Crippen molar-refractivity contribution in [2.45, 2.75) is 25.9 Å². The largest absolute Gasteiger partial charge is 0.385 e. The highest BCUT2D eigenvalue weighted by Gasteiger charge is 2.25. The number of halogens is 1. The molecule has 2 aromatic rings. The molecule has 0 saturated heterocycles. The van der Waals surface area contributed by atoms with Crippen molar-refractivity contribution in [3.05, 3.63) is 51.7 Å². The summed E-state index contributed by atoms with van der Waals surface area (Å²) in [4.78, 5) is 4.31. The number of aliphatic hydroxyl groups is 1. The number of benzene rings is 1. The number of hydrogen-bond donors (Lipinski definition) is 1. The van der Waals surface area contributed by atoms with Gasteiger partial charge < -0.3 is 5.11 Å². The van der Waals surface area contributed by atoms with Crippen molar-refractivity contribution >= 4 is 11.3 Å². The second-order valence-corrected chi connectivity index (χ2v) is 5.29. The zero-order chi connectivity index (χ0) is 12.5. The van der Waals surface area contributed by atoms with Crippen LogP contribution in [0, 0.1) is 12.7 Å². The number of rotatable bonds is 3. The summed E-state index contributed by atoms with van der Waals surface area (Å²) in [6, 6.07) is 6.06. The lowest BCUT2D eigenvalue weighted by molar-refractivity contribution is 0.0572. The molecule has 1 atom stereocenters. The Morgan fingerprint density at radius 2 is 2.24 bits per heavy atom. The van der Waals surface area contributed by atoms with Gasteiger partial charge in [-0.2, -0.15) is 0 Å². The molecule has 0 bridgehead atoms. The van der Waals surface area contributed by atoms with Gasteiger partial charge >= 0.3 is 0 Å². The van der Waals surface area contributed by atoms with Crippen molar-refractivity contribution in [3.8, 4) is 0 Å². The first-order chi connectivity index (χ1) is 7.97. The van der Waals surface area contributed by atoms with Crippen LogP contribution in [-0.4, -0.2) is 10.1 Å². The predicted octanol–water partition coefficient (Wildman–Crippen LogP) is 3.04. The van der Waals surface area contributed by atoms with Gasteiger partial charge in [-0.05, 0) is 31.5 Å². The minimum absolute atomic E-state index is 0.335. The second-order valence-electron chi connectivity index (χ2n) is 4.34. The lowest BCUT2D eigenvalue weighted by Gasteiger charge is -2.22. The molecule has 1 unspecified atom stereocenters. The van der Waals surface area contributed by atoms with Gasteiger partial charge in [0.15, 0.2) is 0 Å². The lowest BCUT2D eigenvalue weighted by atomic mass is 9.93. The summed E-state index contributed by atoms with van der Waals surface area (Å²) in [6.45, 7) is 3.59. The second kappa shape index (κ2) is 4.55. The summed E-state index contributed by atoms with van der Waals surface area (Å²) in [5.74, 6) is -0.335. The molecule has 1 aromatic heterocycles. The van der Waals surface area contributed by atoms with Crippen molar-refractivity contribution in [1.82, 2.24) is 4.98 Å². The molecule has 0 spiro atoms. The van der Waals surface area contributed by atoms with Crippen LogP contribution in [0.3, 0.4) is 0 Å². The third-order valence-electron chi connectivity index (χ3n) is 2.61. The number of aromatic nitrogens is 1. The number of hydrogen-bond acceptors (Lipinski definition) is 3. The molecule has 0 aliphatic heterocycles. The SMILES string of the molecule is Cc1csc(CC(C)(O)c2cccc(F)c2)n1. The van der Waals surface area contributed by atoms with Crippen molar-refractivity contribution < 1.29 is 9.50 Å². The molecule has 0 saturated carbocycles. The highest BCUT2D eigenvalue weighted by molar-refractivity contribution is 7.09. The maximum Gasteiger partial charge on any atom is 0.123 e. The van der Waals surface area contributed by atoms with Gasteiger partial charge in [-0.25, -0.2) is 9.37 Å². The van der Waals surface area contributed by atoms with Gasteiger partial charge in [-0.15, -0.1) is 11.3 Å². The molecule has 0 aliphatic rings. The highest BCUT2D eigenvalue weighted by atomic mass is 32.1. The summed E-state index contributed by atoms with van der Waals surface area (Å²) in [5.41, 5.74) is 0.428. The van der Waals surface area contributed by atoms with Gasteiger partial charge in [0.25, 0.3) is 0 Å². The first-order valence-corrected chi connectivity index (χ1v) is 6.25. The van der Waals surface area contributed by atoms with E-state index in [0.29, 0.717) is 12.0 Å². The average molecular weight is 251 g/mol. The van der Waals surface area contributed by atoms with Crippen LogP contribution in [0.4, 0.5) is 4.39 Å². The summed E-state index contributed by atoms with van der Waals surface area (Å²) in [7, 11) is 0. The fraction of sp³-hybridized carbons (Fsp3) is 0.308. The Hall–Kier alpha value is -1.26. The Balaban J connectivity index is 2.24. The van der Waals surface area contributed by atoms with E-state index in [-0.39, 0.29) is 5.82 Å². The van der Waals surface area contributed by atoms with Crippen molar-refractivity contribution in [2.75, 3.05) is 0 Å². The Bertz CT molecular complexity index is 522. The quantitative estimate of drug-likeness (QED) is 0.909. The van der Waals surface area contributed by atoms with E-state index >= 15 is 0 Å². The Morgan fingerprint density at radius 3 is 2.82 bits per heavy atom. The number of thiazole rings is 1. The van der Waals surface area contributed by atoms with Gasteiger partial charge in [0.1, 0.15) is 5.82 Å². The third-order valence-corrected chi connectivity index (χ3v) is 3.58. The van der Waals surface area contributed by atoms with E-state index in [1.807, 2.05) is 12.3 Å². The molecular weight excluding hydrogens is 237 g/mol. The lowest BCUT2D eigenvalue weighted by Crippen LogP contribution is -2.24. The maximum atomic E-state index is 13.1. The van der Waals surface area contributed by atoms with E-state index in [4.69, 9.17) is 0 Å². The van der Waals surface area contributed by atoms with Crippen LogP contribution < -0.4 is 0 Å². The number of nitrogens with zero attached hydrogens (tertiary/aromatic N) is 1. The smallest absolute Gasteiger partial charge is 0.123 e. The molecule has 1 aromatic carbocycles.